The van der Waals surface area contributed by atoms with Gasteiger partial charge in [0.25, 0.3) is 0 Å². The summed E-state index contributed by atoms with van der Waals surface area (Å²) in [5.74, 6) is 0.884. The van der Waals surface area contributed by atoms with Crippen molar-refractivity contribution in [2.75, 3.05) is 7.11 Å². The van der Waals surface area contributed by atoms with Gasteiger partial charge in [0.05, 0.1) is 12.6 Å². The minimum atomic E-state index is 0.832. The van der Waals surface area contributed by atoms with Gasteiger partial charge >= 0.3 is 0 Å². The number of aromatic amines is 1. The molecule has 2 rings (SSSR count). The van der Waals surface area contributed by atoms with E-state index in [9.17, 15) is 0 Å². The van der Waals surface area contributed by atoms with E-state index in [1.165, 1.54) is 0 Å². The van der Waals surface area contributed by atoms with E-state index in [0.717, 1.165) is 26.8 Å². The third-order valence-corrected chi connectivity index (χ3v) is 2.69. The van der Waals surface area contributed by atoms with Crippen LogP contribution in [0.3, 0.4) is 0 Å². The number of nitrogens with one attached hydrogen (secondary N) is 1. The number of aromatic nitrogens is 2. The summed E-state index contributed by atoms with van der Waals surface area (Å²) in [5.41, 5.74) is 2.12. The molecule has 68 valence electrons. The normalized spacial score (nSPS) is 10.7. The Balaban J connectivity index is 2.83. The lowest BCUT2D eigenvalue weighted by Crippen LogP contribution is -1.86. The summed E-state index contributed by atoms with van der Waals surface area (Å²) in [7, 11) is 1.67. The standard InChI is InChI=1S/C9H9BrN2O/c1-5-7(13-2)4-3-6-8(5)9(10)12-11-6/h3-4H,1-2H3,(H,11,12). The number of halogens is 1. The van der Waals surface area contributed by atoms with Crippen LogP contribution in [-0.2, 0) is 0 Å². The van der Waals surface area contributed by atoms with E-state index in [0.29, 0.717) is 0 Å². The van der Waals surface area contributed by atoms with Gasteiger partial charge in [-0.1, -0.05) is 0 Å². The highest BCUT2D eigenvalue weighted by Gasteiger charge is 2.08. The number of ether oxygens (including phenoxy) is 1. The van der Waals surface area contributed by atoms with Crippen LogP contribution in [-0.4, -0.2) is 17.3 Å². The van der Waals surface area contributed by atoms with Crippen LogP contribution in [0, 0.1) is 6.92 Å². The van der Waals surface area contributed by atoms with Crippen LogP contribution in [0.4, 0.5) is 0 Å². The molecule has 3 nitrogen and oxygen atoms in total. The molecule has 0 bridgehead atoms. The lowest BCUT2D eigenvalue weighted by molar-refractivity contribution is 0.412. The monoisotopic (exact) mass is 240 g/mol. The largest absolute Gasteiger partial charge is 0.496 e. The predicted molar refractivity (Wildman–Crippen MR) is 55.1 cm³/mol. The Morgan fingerprint density at radius 3 is 2.92 bits per heavy atom. The van der Waals surface area contributed by atoms with Crippen LogP contribution in [0.2, 0.25) is 0 Å². The maximum atomic E-state index is 5.21. The molecule has 0 aliphatic heterocycles. The van der Waals surface area contributed by atoms with Gasteiger partial charge in [0, 0.05) is 10.9 Å². The summed E-state index contributed by atoms with van der Waals surface area (Å²) in [6, 6.07) is 3.89. The number of aryl methyl sites for hydroxylation is 1. The van der Waals surface area contributed by atoms with Crippen molar-refractivity contribution in [1.29, 1.82) is 0 Å². The minimum Gasteiger partial charge on any atom is -0.496 e. The van der Waals surface area contributed by atoms with Crippen molar-refractivity contribution in [3.05, 3.63) is 22.3 Å². The first kappa shape index (κ1) is 8.56. The van der Waals surface area contributed by atoms with Crippen LogP contribution < -0.4 is 4.74 Å². The number of hydrogen-bond acceptors (Lipinski definition) is 2. The van der Waals surface area contributed by atoms with E-state index in [4.69, 9.17) is 4.74 Å². The average Bonchev–Trinajstić information content (AvgIpc) is 2.49. The van der Waals surface area contributed by atoms with Crippen molar-refractivity contribution in [1.82, 2.24) is 10.2 Å². The highest BCUT2D eigenvalue weighted by molar-refractivity contribution is 9.10. The van der Waals surface area contributed by atoms with Crippen LogP contribution in [0.25, 0.3) is 10.9 Å². The van der Waals surface area contributed by atoms with Crippen molar-refractivity contribution < 1.29 is 4.74 Å². The highest BCUT2D eigenvalue weighted by atomic mass is 79.9. The van der Waals surface area contributed by atoms with E-state index in [1.54, 1.807) is 7.11 Å². The number of fused-ring (bicyclic) bond motifs is 1. The SMILES string of the molecule is COc1ccc2[nH]nc(Br)c2c1C. The molecule has 0 saturated carbocycles. The Bertz CT molecular complexity index is 450. The molecule has 0 aliphatic carbocycles. The summed E-state index contributed by atoms with van der Waals surface area (Å²) >= 11 is 3.38. The number of nitrogens with zero attached hydrogens (tertiary/aromatic N) is 1. The first-order valence-electron chi connectivity index (χ1n) is 3.91. The van der Waals surface area contributed by atoms with Crippen molar-refractivity contribution in [3.8, 4) is 5.75 Å². The summed E-state index contributed by atoms with van der Waals surface area (Å²) in [6.07, 6.45) is 0. The molecule has 13 heavy (non-hydrogen) atoms. The molecule has 0 saturated heterocycles. The number of hydrogen-bond donors (Lipinski definition) is 1. The topological polar surface area (TPSA) is 37.9 Å². The Morgan fingerprint density at radius 2 is 2.23 bits per heavy atom. The first-order valence-corrected chi connectivity index (χ1v) is 4.70. The second-order valence-corrected chi connectivity index (χ2v) is 3.58. The Morgan fingerprint density at radius 1 is 1.46 bits per heavy atom. The van der Waals surface area contributed by atoms with Crippen LogP contribution in [0.5, 0.6) is 5.75 Å². The number of H-pyrrole nitrogens is 1. The summed E-state index contributed by atoms with van der Waals surface area (Å²) in [6.45, 7) is 2.02. The van der Waals surface area contributed by atoms with Crippen LogP contribution in [0.15, 0.2) is 16.7 Å². The van der Waals surface area contributed by atoms with Gasteiger partial charge in [0.1, 0.15) is 10.4 Å². The molecule has 1 heterocycles. The summed E-state index contributed by atoms with van der Waals surface area (Å²) in [4.78, 5) is 0. The fraction of sp³-hybridized carbons (Fsp3) is 0.222. The summed E-state index contributed by atoms with van der Waals surface area (Å²) < 4.78 is 6.05. The van der Waals surface area contributed by atoms with Gasteiger partial charge in [-0.25, -0.2) is 0 Å². The van der Waals surface area contributed by atoms with Gasteiger partial charge in [-0.15, -0.1) is 0 Å². The fourth-order valence-corrected chi connectivity index (χ4v) is 2.04. The van der Waals surface area contributed by atoms with E-state index in [2.05, 4.69) is 26.1 Å². The molecule has 1 N–H and O–H groups in total. The van der Waals surface area contributed by atoms with Crippen molar-refractivity contribution >= 4 is 26.8 Å². The van der Waals surface area contributed by atoms with Crippen LogP contribution in [0.1, 0.15) is 5.56 Å². The number of benzene rings is 1. The second kappa shape index (κ2) is 3.03. The molecule has 4 heteroatoms. The molecule has 0 atom stereocenters. The van der Waals surface area contributed by atoms with Gasteiger partial charge in [-0.05, 0) is 35.0 Å². The molecule has 0 spiro atoms. The average molecular weight is 241 g/mol. The van der Waals surface area contributed by atoms with E-state index in [1.807, 2.05) is 19.1 Å². The molecule has 0 unspecified atom stereocenters. The Kier molecular flexibility index (Phi) is 2.00. The van der Waals surface area contributed by atoms with Crippen molar-refractivity contribution in [3.63, 3.8) is 0 Å². The molecule has 1 aromatic carbocycles. The fourth-order valence-electron chi connectivity index (χ4n) is 1.44. The van der Waals surface area contributed by atoms with E-state index >= 15 is 0 Å². The Labute approximate surface area is 84.2 Å². The lowest BCUT2D eigenvalue weighted by Gasteiger charge is -2.04. The zero-order valence-corrected chi connectivity index (χ0v) is 8.97. The van der Waals surface area contributed by atoms with Gasteiger partial charge in [-0.3, -0.25) is 5.10 Å². The zero-order chi connectivity index (χ0) is 9.42. The third-order valence-electron chi connectivity index (χ3n) is 2.12. The maximum absolute atomic E-state index is 5.21. The molecule has 0 radical (unpaired) electrons. The Hall–Kier alpha value is -1.03. The molecule has 2 aromatic rings. The number of methoxy groups -OCH3 is 1. The maximum Gasteiger partial charge on any atom is 0.136 e. The molecule has 0 fully saturated rings. The quantitative estimate of drug-likeness (QED) is 0.833. The van der Waals surface area contributed by atoms with Crippen molar-refractivity contribution in [2.45, 2.75) is 6.92 Å². The summed E-state index contributed by atoms with van der Waals surface area (Å²) in [5, 5.41) is 8.08. The zero-order valence-electron chi connectivity index (χ0n) is 7.39. The molecular weight excluding hydrogens is 232 g/mol. The van der Waals surface area contributed by atoms with E-state index < -0.39 is 0 Å². The predicted octanol–water partition coefficient (Wildman–Crippen LogP) is 2.64. The van der Waals surface area contributed by atoms with Gasteiger partial charge in [0.15, 0.2) is 0 Å². The molecule has 0 amide bonds. The highest BCUT2D eigenvalue weighted by Crippen LogP contribution is 2.30. The second-order valence-electron chi connectivity index (χ2n) is 2.83. The smallest absolute Gasteiger partial charge is 0.136 e. The van der Waals surface area contributed by atoms with Gasteiger partial charge < -0.3 is 4.74 Å². The van der Waals surface area contributed by atoms with Gasteiger partial charge in [0.2, 0.25) is 0 Å². The minimum absolute atomic E-state index is 0.832. The van der Waals surface area contributed by atoms with E-state index in [-0.39, 0.29) is 0 Å². The molecule has 0 aliphatic rings. The van der Waals surface area contributed by atoms with Crippen molar-refractivity contribution in [2.24, 2.45) is 0 Å². The molecule has 1 aromatic heterocycles. The third kappa shape index (κ3) is 1.21. The first-order chi connectivity index (χ1) is 6.24. The lowest BCUT2D eigenvalue weighted by atomic mass is 10.1. The van der Waals surface area contributed by atoms with Gasteiger partial charge in [-0.2, -0.15) is 5.10 Å². The number of rotatable bonds is 1. The molecular formula is C9H9BrN2O. The van der Waals surface area contributed by atoms with Crippen LogP contribution >= 0.6 is 15.9 Å².